The van der Waals surface area contributed by atoms with Crippen LogP contribution >= 0.6 is 0 Å². The molecule has 0 aromatic carbocycles. The second-order valence-electron chi connectivity index (χ2n) is 2.07. The Morgan fingerprint density at radius 1 is 1.73 bits per heavy atom. The smallest absolute Gasteiger partial charge is 0.273 e. The lowest BCUT2D eigenvalue weighted by Crippen LogP contribution is -2.26. The van der Waals surface area contributed by atoms with E-state index in [1.165, 1.54) is 0 Å². The molecule has 0 saturated carbocycles. The number of hydrogen-bond donors (Lipinski definition) is 2. The normalized spacial score (nSPS) is 17.3. The fraction of sp³-hybridized carbons (Fsp3) is 0.167. The predicted octanol–water partition coefficient (Wildman–Crippen LogP) is -0.715. The third kappa shape index (κ3) is 1.64. The summed E-state index contributed by atoms with van der Waals surface area (Å²) in [6.45, 7) is 0. The third-order valence-electron chi connectivity index (χ3n) is 1.17. The predicted molar refractivity (Wildman–Crippen MR) is 37.0 cm³/mol. The molecule has 1 aliphatic rings. The molecule has 5 heteroatoms. The van der Waals surface area contributed by atoms with Gasteiger partial charge in [0.25, 0.3) is 11.8 Å². The zero-order chi connectivity index (χ0) is 8.43. The molecule has 5 nitrogen and oxygen atoms in total. The van der Waals surface area contributed by atoms with Gasteiger partial charge in [-0.2, -0.15) is 0 Å². The van der Waals surface area contributed by atoms with E-state index in [0.29, 0.717) is 0 Å². The summed E-state index contributed by atoms with van der Waals surface area (Å²) in [5, 5.41) is 8.85. The minimum atomic E-state index is -0.780. The monoisotopic (exact) mass is 154 g/mol. The van der Waals surface area contributed by atoms with Crippen molar-refractivity contribution in [1.82, 2.24) is 0 Å². The lowest BCUT2D eigenvalue weighted by Gasteiger charge is -2.04. The maximum absolute atomic E-state index is 10.6. The number of carbonyl (C=O) groups is 2. The number of allylic oxidation sites excluding steroid dienone is 1. The van der Waals surface area contributed by atoms with Gasteiger partial charge in [-0.1, -0.05) is 0 Å². The molecule has 0 unspecified atom stereocenters. The van der Waals surface area contributed by atoms with E-state index in [4.69, 9.17) is 10.8 Å². The minimum absolute atomic E-state index is 0.0545. The molecular formula is C6H6N2O3. The molecule has 1 heterocycles. The minimum Gasteiger partial charge on any atom is -0.512 e. The van der Waals surface area contributed by atoms with E-state index in [2.05, 4.69) is 4.99 Å². The van der Waals surface area contributed by atoms with Crippen LogP contribution in [0.4, 0.5) is 0 Å². The molecule has 0 atom stereocenters. The van der Waals surface area contributed by atoms with E-state index in [0.717, 1.165) is 6.08 Å². The molecule has 11 heavy (non-hydrogen) atoms. The Balaban J connectivity index is 2.88. The average Bonchev–Trinajstić information content (AvgIpc) is 1.85. The van der Waals surface area contributed by atoms with Crippen molar-refractivity contribution in [3.05, 3.63) is 11.8 Å². The summed E-state index contributed by atoms with van der Waals surface area (Å²) in [5.41, 5.74) is 4.73. The summed E-state index contributed by atoms with van der Waals surface area (Å²) in [5.74, 6) is -1.61. The number of primary amides is 1. The van der Waals surface area contributed by atoms with Gasteiger partial charge in [0.2, 0.25) is 0 Å². The first-order valence-corrected chi connectivity index (χ1v) is 2.90. The number of carbonyl (C=O) groups excluding carboxylic acids is 2. The van der Waals surface area contributed by atoms with Crippen molar-refractivity contribution in [1.29, 1.82) is 0 Å². The SMILES string of the molecule is NC(=O)C1=NC(=O)C=C(O)C1. The molecule has 0 radical (unpaired) electrons. The van der Waals surface area contributed by atoms with Gasteiger partial charge in [-0.3, -0.25) is 9.59 Å². The van der Waals surface area contributed by atoms with Crippen LogP contribution in [0, 0.1) is 0 Å². The molecule has 58 valence electrons. The van der Waals surface area contributed by atoms with E-state index in [9.17, 15) is 9.59 Å². The van der Waals surface area contributed by atoms with Crippen LogP contribution in [0.25, 0.3) is 0 Å². The maximum atomic E-state index is 10.6. The molecule has 0 saturated heterocycles. The summed E-state index contributed by atoms with van der Waals surface area (Å²) in [6.07, 6.45) is 0.896. The van der Waals surface area contributed by atoms with Gasteiger partial charge in [0.05, 0.1) is 6.42 Å². The van der Waals surface area contributed by atoms with Crippen LogP contribution in [0.5, 0.6) is 0 Å². The fourth-order valence-electron chi connectivity index (χ4n) is 0.712. The molecule has 0 spiro atoms. The van der Waals surface area contributed by atoms with Gasteiger partial charge < -0.3 is 10.8 Å². The topological polar surface area (TPSA) is 92.8 Å². The number of aliphatic hydroxyl groups excluding tert-OH is 1. The molecule has 0 fully saturated rings. The largest absolute Gasteiger partial charge is 0.512 e. The highest BCUT2D eigenvalue weighted by Crippen LogP contribution is 2.05. The van der Waals surface area contributed by atoms with Crippen molar-refractivity contribution in [2.24, 2.45) is 10.7 Å². The van der Waals surface area contributed by atoms with Gasteiger partial charge in [0.15, 0.2) is 0 Å². The van der Waals surface area contributed by atoms with Gasteiger partial charge in [0, 0.05) is 6.08 Å². The van der Waals surface area contributed by atoms with Gasteiger partial charge in [-0.15, -0.1) is 0 Å². The molecule has 0 aromatic rings. The van der Waals surface area contributed by atoms with Crippen LogP contribution in [-0.4, -0.2) is 22.6 Å². The Bertz CT molecular complexity index is 278. The number of aliphatic hydroxyl groups is 1. The second kappa shape index (κ2) is 2.53. The first kappa shape index (κ1) is 7.46. The van der Waals surface area contributed by atoms with Crippen LogP contribution in [0.2, 0.25) is 0 Å². The van der Waals surface area contributed by atoms with E-state index in [1.54, 1.807) is 0 Å². The van der Waals surface area contributed by atoms with Gasteiger partial charge in [-0.05, 0) is 0 Å². The number of nitrogens with zero attached hydrogens (tertiary/aromatic N) is 1. The number of aliphatic imine (C=N–C) groups is 1. The Hall–Kier alpha value is -1.65. The van der Waals surface area contributed by atoms with Crippen molar-refractivity contribution in [3.8, 4) is 0 Å². The Morgan fingerprint density at radius 3 is 2.82 bits per heavy atom. The van der Waals surface area contributed by atoms with E-state index < -0.39 is 11.8 Å². The molecular weight excluding hydrogens is 148 g/mol. The summed E-state index contributed by atoms with van der Waals surface area (Å²) in [6, 6.07) is 0. The Kier molecular flexibility index (Phi) is 1.72. The van der Waals surface area contributed by atoms with Gasteiger partial charge >= 0.3 is 0 Å². The van der Waals surface area contributed by atoms with Crippen LogP contribution in [0.1, 0.15) is 6.42 Å². The number of rotatable bonds is 1. The summed E-state index contributed by atoms with van der Waals surface area (Å²) in [4.78, 5) is 24.3. The zero-order valence-corrected chi connectivity index (χ0v) is 5.57. The molecule has 3 N–H and O–H groups in total. The molecule has 0 aliphatic carbocycles. The highest BCUT2D eigenvalue weighted by atomic mass is 16.3. The lowest BCUT2D eigenvalue weighted by atomic mass is 10.2. The number of hydrogen-bond acceptors (Lipinski definition) is 3. The molecule has 1 rings (SSSR count). The number of dihydropyridines is 1. The lowest BCUT2D eigenvalue weighted by molar-refractivity contribution is -0.115. The van der Waals surface area contributed by atoms with Crippen molar-refractivity contribution < 1.29 is 14.7 Å². The summed E-state index contributed by atoms with van der Waals surface area (Å²) >= 11 is 0. The maximum Gasteiger partial charge on any atom is 0.273 e. The zero-order valence-electron chi connectivity index (χ0n) is 5.57. The Morgan fingerprint density at radius 2 is 2.36 bits per heavy atom. The number of nitrogens with two attached hydrogens (primary N) is 1. The average molecular weight is 154 g/mol. The first-order valence-electron chi connectivity index (χ1n) is 2.90. The fourth-order valence-corrected chi connectivity index (χ4v) is 0.712. The van der Waals surface area contributed by atoms with Crippen LogP contribution < -0.4 is 5.73 Å². The first-order chi connectivity index (χ1) is 5.09. The molecule has 0 aromatic heterocycles. The summed E-state index contributed by atoms with van der Waals surface area (Å²) in [7, 11) is 0. The van der Waals surface area contributed by atoms with Crippen molar-refractivity contribution in [2.45, 2.75) is 6.42 Å². The quantitative estimate of drug-likeness (QED) is 0.522. The second-order valence-corrected chi connectivity index (χ2v) is 2.07. The van der Waals surface area contributed by atoms with E-state index in [1.807, 2.05) is 0 Å². The van der Waals surface area contributed by atoms with Crippen molar-refractivity contribution >= 4 is 17.5 Å². The van der Waals surface area contributed by atoms with Gasteiger partial charge in [0.1, 0.15) is 11.5 Å². The van der Waals surface area contributed by atoms with Gasteiger partial charge in [-0.25, -0.2) is 4.99 Å². The van der Waals surface area contributed by atoms with Crippen LogP contribution in [0.3, 0.4) is 0 Å². The molecule has 1 aliphatic heterocycles. The summed E-state index contributed by atoms with van der Waals surface area (Å²) < 4.78 is 0. The van der Waals surface area contributed by atoms with E-state index in [-0.39, 0.29) is 17.9 Å². The standard InChI is InChI=1S/C6H6N2O3/c7-6(11)4-1-3(9)2-5(10)8-4/h2,9H,1H2,(H2,7,11). The highest BCUT2D eigenvalue weighted by molar-refractivity contribution is 6.41. The molecule has 0 bridgehead atoms. The van der Waals surface area contributed by atoms with Crippen molar-refractivity contribution in [3.63, 3.8) is 0 Å². The molecule has 2 amide bonds. The van der Waals surface area contributed by atoms with Crippen LogP contribution in [0.15, 0.2) is 16.8 Å². The number of amides is 2. The third-order valence-corrected chi connectivity index (χ3v) is 1.17. The highest BCUT2D eigenvalue weighted by Gasteiger charge is 2.16. The van der Waals surface area contributed by atoms with Crippen LogP contribution in [-0.2, 0) is 9.59 Å². The van der Waals surface area contributed by atoms with E-state index >= 15 is 0 Å². The Labute approximate surface area is 62.2 Å². The van der Waals surface area contributed by atoms with Crippen molar-refractivity contribution in [2.75, 3.05) is 0 Å².